The van der Waals surface area contributed by atoms with Crippen molar-refractivity contribution in [1.29, 1.82) is 0 Å². The summed E-state index contributed by atoms with van der Waals surface area (Å²) in [5.41, 5.74) is 1.84. The zero-order valence-corrected chi connectivity index (χ0v) is 21.7. The SMILES string of the molecule is CCNC(=NCC1(N(C)C)CCOCC1)NC1CCCN(c2cc(C)ccc2F)C1.I. The highest BCUT2D eigenvalue weighted by atomic mass is 127. The van der Waals surface area contributed by atoms with Crippen molar-refractivity contribution in [2.24, 2.45) is 4.99 Å². The normalized spacial score (nSPS) is 21.5. The molecule has 176 valence electrons. The van der Waals surface area contributed by atoms with Crippen molar-refractivity contribution >= 4 is 35.6 Å². The van der Waals surface area contributed by atoms with Crippen LogP contribution in [0.25, 0.3) is 0 Å². The second-order valence-electron chi connectivity index (χ2n) is 8.81. The fourth-order valence-electron chi connectivity index (χ4n) is 4.42. The average molecular weight is 548 g/mol. The molecule has 1 aromatic carbocycles. The number of likely N-dealkylation sites (N-methyl/N-ethyl adjacent to an activating group) is 1. The van der Waals surface area contributed by atoms with E-state index in [0.29, 0.717) is 5.69 Å². The highest BCUT2D eigenvalue weighted by molar-refractivity contribution is 14.0. The Bertz CT molecular complexity index is 724. The highest BCUT2D eigenvalue weighted by Crippen LogP contribution is 2.27. The van der Waals surface area contributed by atoms with Crippen molar-refractivity contribution in [3.8, 4) is 0 Å². The van der Waals surface area contributed by atoms with E-state index in [1.54, 1.807) is 6.07 Å². The number of guanidine groups is 1. The number of aliphatic imine (C=N–C) groups is 1. The van der Waals surface area contributed by atoms with Gasteiger partial charge in [-0.2, -0.15) is 0 Å². The van der Waals surface area contributed by atoms with Crippen molar-refractivity contribution in [2.75, 3.05) is 58.4 Å². The highest BCUT2D eigenvalue weighted by Gasteiger charge is 2.35. The summed E-state index contributed by atoms with van der Waals surface area (Å²) < 4.78 is 20.0. The molecule has 2 fully saturated rings. The molecule has 2 aliphatic rings. The third-order valence-electron chi connectivity index (χ3n) is 6.45. The van der Waals surface area contributed by atoms with Crippen molar-refractivity contribution in [1.82, 2.24) is 15.5 Å². The van der Waals surface area contributed by atoms with Crippen LogP contribution in [0, 0.1) is 12.7 Å². The summed E-state index contributed by atoms with van der Waals surface area (Å²) in [6.45, 7) is 8.88. The number of rotatable bonds is 6. The molecular weight excluding hydrogens is 508 g/mol. The van der Waals surface area contributed by atoms with Gasteiger partial charge in [0, 0.05) is 44.4 Å². The minimum atomic E-state index is -0.144. The number of nitrogens with zero attached hydrogens (tertiary/aromatic N) is 3. The van der Waals surface area contributed by atoms with Gasteiger partial charge in [0.15, 0.2) is 5.96 Å². The summed E-state index contributed by atoms with van der Waals surface area (Å²) in [7, 11) is 4.27. The zero-order valence-electron chi connectivity index (χ0n) is 19.4. The first-order valence-corrected chi connectivity index (χ1v) is 11.2. The van der Waals surface area contributed by atoms with Gasteiger partial charge in [0.1, 0.15) is 5.82 Å². The van der Waals surface area contributed by atoms with Gasteiger partial charge in [0.05, 0.1) is 12.2 Å². The Balaban J connectivity index is 0.00000341. The van der Waals surface area contributed by atoms with Gasteiger partial charge in [-0.3, -0.25) is 4.99 Å². The van der Waals surface area contributed by atoms with E-state index in [-0.39, 0.29) is 41.4 Å². The maximum atomic E-state index is 14.4. The summed E-state index contributed by atoms with van der Waals surface area (Å²) in [6.07, 6.45) is 4.07. The van der Waals surface area contributed by atoms with Crippen LogP contribution >= 0.6 is 24.0 Å². The minimum absolute atomic E-state index is 0. The molecule has 3 rings (SSSR count). The van der Waals surface area contributed by atoms with Crippen molar-refractivity contribution < 1.29 is 9.13 Å². The second-order valence-corrected chi connectivity index (χ2v) is 8.81. The lowest BCUT2D eigenvalue weighted by Gasteiger charge is -2.42. The Morgan fingerprint density at radius 1 is 1.32 bits per heavy atom. The lowest BCUT2D eigenvalue weighted by atomic mass is 9.89. The third-order valence-corrected chi connectivity index (χ3v) is 6.45. The molecule has 0 aliphatic carbocycles. The first kappa shape index (κ1) is 26.1. The fraction of sp³-hybridized carbons (Fsp3) is 0.696. The molecule has 0 amide bonds. The van der Waals surface area contributed by atoms with Gasteiger partial charge in [-0.05, 0) is 71.3 Å². The molecule has 31 heavy (non-hydrogen) atoms. The molecule has 0 bridgehead atoms. The van der Waals surface area contributed by atoms with E-state index in [2.05, 4.69) is 41.5 Å². The third kappa shape index (κ3) is 6.92. The molecule has 2 N–H and O–H groups in total. The Hall–Kier alpha value is -1.13. The monoisotopic (exact) mass is 547 g/mol. The molecule has 1 atom stereocenters. The molecule has 8 heteroatoms. The number of hydrogen-bond acceptors (Lipinski definition) is 4. The van der Waals surface area contributed by atoms with Gasteiger partial charge >= 0.3 is 0 Å². The average Bonchev–Trinajstić information content (AvgIpc) is 2.74. The van der Waals surface area contributed by atoms with Gasteiger partial charge in [-0.25, -0.2) is 4.39 Å². The van der Waals surface area contributed by atoms with E-state index in [4.69, 9.17) is 9.73 Å². The Morgan fingerprint density at radius 3 is 2.74 bits per heavy atom. The van der Waals surface area contributed by atoms with Crippen LogP contribution in [0.15, 0.2) is 23.2 Å². The molecule has 0 aromatic heterocycles. The molecule has 1 unspecified atom stereocenters. The number of aryl methyl sites for hydroxylation is 1. The largest absolute Gasteiger partial charge is 0.381 e. The minimum Gasteiger partial charge on any atom is -0.381 e. The molecular formula is C23H39FIN5O. The van der Waals surface area contributed by atoms with Gasteiger partial charge in [-0.15, -0.1) is 24.0 Å². The maximum Gasteiger partial charge on any atom is 0.191 e. The first-order valence-electron chi connectivity index (χ1n) is 11.2. The number of ether oxygens (including phenoxy) is 1. The number of anilines is 1. The Morgan fingerprint density at radius 2 is 2.06 bits per heavy atom. The van der Waals surface area contributed by atoms with Crippen molar-refractivity contribution in [2.45, 2.75) is 51.1 Å². The number of nitrogens with one attached hydrogen (secondary N) is 2. The molecule has 2 heterocycles. The van der Waals surface area contributed by atoms with Crippen molar-refractivity contribution in [3.05, 3.63) is 29.6 Å². The molecule has 2 aliphatic heterocycles. The van der Waals surface area contributed by atoms with Crippen LogP contribution in [0.3, 0.4) is 0 Å². The van der Waals surface area contributed by atoms with E-state index in [1.807, 2.05) is 19.1 Å². The van der Waals surface area contributed by atoms with Crippen LogP contribution in [0.4, 0.5) is 10.1 Å². The van der Waals surface area contributed by atoms with Gasteiger partial charge < -0.3 is 25.2 Å². The van der Waals surface area contributed by atoms with Gasteiger partial charge in [0.2, 0.25) is 0 Å². The van der Waals surface area contributed by atoms with Crippen molar-refractivity contribution in [3.63, 3.8) is 0 Å². The van der Waals surface area contributed by atoms with E-state index in [0.717, 1.165) is 76.6 Å². The van der Waals surface area contributed by atoms with Gasteiger partial charge in [-0.1, -0.05) is 6.07 Å². The molecule has 0 saturated carbocycles. The van der Waals surface area contributed by atoms with Crippen LogP contribution in [-0.2, 0) is 4.74 Å². The fourth-order valence-corrected chi connectivity index (χ4v) is 4.42. The van der Waals surface area contributed by atoms with Crippen LogP contribution in [-0.4, -0.2) is 75.9 Å². The van der Waals surface area contributed by atoms with Gasteiger partial charge in [0.25, 0.3) is 0 Å². The molecule has 0 spiro atoms. The summed E-state index contributed by atoms with van der Waals surface area (Å²) in [6, 6.07) is 5.58. The van der Waals surface area contributed by atoms with Crippen LogP contribution < -0.4 is 15.5 Å². The summed E-state index contributed by atoms with van der Waals surface area (Å²) in [5.74, 6) is 0.705. The molecule has 0 radical (unpaired) electrons. The summed E-state index contributed by atoms with van der Waals surface area (Å²) in [4.78, 5) is 9.42. The van der Waals surface area contributed by atoms with E-state index < -0.39 is 0 Å². The molecule has 6 nitrogen and oxygen atoms in total. The maximum absolute atomic E-state index is 14.4. The first-order chi connectivity index (χ1) is 14.4. The number of benzene rings is 1. The Kier molecular flexibility index (Phi) is 10.3. The lowest BCUT2D eigenvalue weighted by Crippen LogP contribution is -2.54. The topological polar surface area (TPSA) is 52.1 Å². The smallest absolute Gasteiger partial charge is 0.191 e. The van der Waals surface area contributed by atoms with E-state index in [9.17, 15) is 4.39 Å². The number of halogens is 2. The number of hydrogen-bond donors (Lipinski definition) is 2. The van der Waals surface area contributed by atoms with Crippen LogP contribution in [0.2, 0.25) is 0 Å². The molecule has 1 aromatic rings. The second kappa shape index (κ2) is 12.2. The summed E-state index contributed by atoms with van der Waals surface area (Å²) in [5, 5.41) is 7.01. The van der Waals surface area contributed by atoms with Crippen LogP contribution in [0.5, 0.6) is 0 Å². The standard InChI is InChI=1S/C23H38FN5O.HI/c1-5-25-22(26-17-23(28(3)4)10-13-30-14-11-23)27-19-7-6-12-29(16-19)21-15-18(2)8-9-20(21)24;/h8-9,15,19H,5-7,10-14,16-17H2,1-4H3,(H2,25,26,27);1H. The van der Waals surface area contributed by atoms with E-state index >= 15 is 0 Å². The van der Waals surface area contributed by atoms with Crippen LogP contribution in [0.1, 0.15) is 38.2 Å². The summed E-state index contributed by atoms with van der Waals surface area (Å²) >= 11 is 0. The predicted molar refractivity (Wildman–Crippen MR) is 137 cm³/mol. The number of piperidine rings is 1. The zero-order chi connectivity index (χ0) is 21.6. The predicted octanol–water partition coefficient (Wildman–Crippen LogP) is 3.39. The molecule has 2 saturated heterocycles. The Labute approximate surface area is 204 Å². The lowest BCUT2D eigenvalue weighted by molar-refractivity contribution is -0.00255. The van der Waals surface area contributed by atoms with E-state index in [1.165, 1.54) is 0 Å². The quantitative estimate of drug-likeness (QED) is 0.325.